The zero-order chi connectivity index (χ0) is 30.7. The van der Waals surface area contributed by atoms with Gasteiger partial charge < -0.3 is 15.7 Å². The van der Waals surface area contributed by atoms with Gasteiger partial charge in [-0.15, -0.1) is 0 Å². The topological polar surface area (TPSA) is 98.7 Å². The highest BCUT2D eigenvalue weighted by Crippen LogP contribution is 2.19. The fraction of sp³-hybridized carbons (Fsp3) is 0.406. The average molecular weight is 602 g/mol. The quantitative estimate of drug-likeness (QED) is 0.219. The molecule has 0 saturated carbocycles. The van der Waals surface area contributed by atoms with Gasteiger partial charge in [0.2, 0.25) is 10.0 Å². The normalized spacial score (nSPS) is 13.2. The van der Waals surface area contributed by atoms with Gasteiger partial charge in [0.1, 0.15) is 11.6 Å². The molecule has 0 heterocycles. The van der Waals surface area contributed by atoms with Crippen molar-refractivity contribution in [1.82, 2.24) is 14.9 Å². The van der Waals surface area contributed by atoms with Crippen molar-refractivity contribution in [2.75, 3.05) is 19.6 Å². The number of rotatable bonds is 16. The SMILES string of the molecule is CCCN(CCC)S(=O)(=O)c1cccc(C(=O)NC(Cc2cc(F)cc(F)c2)C(O)CNCc2cccc(CC)c2)c1. The van der Waals surface area contributed by atoms with Crippen LogP contribution < -0.4 is 10.6 Å². The van der Waals surface area contributed by atoms with Gasteiger partial charge >= 0.3 is 0 Å². The molecule has 0 bridgehead atoms. The molecule has 0 aromatic heterocycles. The first-order valence-corrected chi connectivity index (χ1v) is 15.8. The Labute approximate surface area is 248 Å². The number of carbonyl (C=O) groups excluding carboxylic acids is 1. The lowest BCUT2D eigenvalue weighted by Gasteiger charge is -2.25. The highest BCUT2D eigenvalue weighted by molar-refractivity contribution is 7.89. The van der Waals surface area contributed by atoms with Crippen molar-refractivity contribution in [2.24, 2.45) is 0 Å². The standard InChI is InChI=1S/C32H41F2N3O4S/c1-4-13-37(14-5-2)42(40,41)29-12-8-11-26(19-29)32(39)36-30(18-25-16-27(33)20-28(34)17-25)31(38)22-35-21-24-10-7-9-23(6-3)15-24/h7-12,15-17,19-20,30-31,35,38H,4-6,13-14,18,21-22H2,1-3H3,(H,36,39). The molecule has 0 spiro atoms. The summed E-state index contributed by atoms with van der Waals surface area (Å²) < 4.78 is 55.8. The van der Waals surface area contributed by atoms with E-state index in [1.54, 1.807) is 0 Å². The van der Waals surface area contributed by atoms with E-state index in [2.05, 4.69) is 23.6 Å². The molecule has 3 rings (SSSR count). The highest BCUT2D eigenvalue weighted by Gasteiger charge is 2.26. The largest absolute Gasteiger partial charge is 0.390 e. The van der Waals surface area contributed by atoms with Gasteiger partial charge in [0, 0.05) is 37.8 Å². The molecule has 1 amide bonds. The van der Waals surface area contributed by atoms with Crippen molar-refractivity contribution in [3.8, 4) is 0 Å². The number of sulfonamides is 1. The summed E-state index contributed by atoms with van der Waals surface area (Å²) in [5.41, 5.74) is 2.58. The number of carbonyl (C=O) groups is 1. The van der Waals surface area contributed by atoms with E-state index in [1.165, 1.54) is 34.1 Å². The highest BCUT2D eigenvalue weighted by atomic mass is 32.2. The minimum absolute atomic E-state index is 0.00248. The van der Waals surface area contributed by atoms with Crippen LogP contribution in [-0.4, -0.2) is 55.5 Å². The predicted octanol–water partition coefficient (Wildman–Crippen LogP) is 4.83. The molecule has 0 aliphatic rings. The molecule has 3 aromatic carbocycles. The van der Waals surface area contributed by atoms with Crippen LogP contribution >= 0.6 is 0 Å². The van der Waals surface area contributed by atoms with Crippen molar-refractivity contribution in [3.63, 3.8) is 0 Å². The predicted molar refractivity (Wildman–Crippen MR) is 161 cm³/mol. The molecule has 10 heteroatoms. The third kappa shape index (κ3) is 9.42. The Hall–Kier alpha value is -3.18. The van der Waals surface area contributed by atoms with Gasteiger partial charge in [-0.25, -0.2) is 17.2 Å². The zero-order valence-corrected chi connectivity index (χ0v) is 25.3. The number of aliphatic hydroxyl groups is 1. The van der Waals surface area contributed by atoms with Gasteiger partial charge in [-0.2, -0.15) is 4.31 Å². The maximum absolute atomic E-state index is 13.9. The molecule has 3 N–H and O–H groups in total. The smallest absolute Gasteiger partial charge is 0.251 e. The van der Waals surface area contributed by atoms with Crippen LogP contribution in [0.1, 0.15) is 60.7 Å². The Morgan fingerprint density at radius 1 is 0.881 bits per heavy atom. The summed E-state index contributed by atoms with van der Waals surface area (Å²) in [6.45, 7) is 7.16. The van der Waals surface area contributed by atoms with Gasteiger partial charge in [0.05, 0.1) is 17.0 Å². The van der Waals surface area contributed by atoms with Crippen molar-refractivity contribution in [1.29, 1.82) is 0 Å². The molecule has 228 valence electrons. The lowest BCUT2D eigenvalue weighted by Crippen LogP contribution is -2.48. The Morgan fingerprint density at radius 2 is 1.52 bits per heavy atom. The van der Waals surface area contributed by atoms with Crippen LogP contribution in [0.15, 0.2) is 71.6 Å². The number of aliphatic hydroxyl groups excluding tert-OH is 1. The number of hydrogen-bond acceptors (Lipinski definition) is 5. The summed E-state index contributed by atoms with van der Waals surface area (Å²) in [5, 5.41) is 17.0. The number of benzene rings is 3. The number of nitrogens with one attached hydrogen (secondary N) is 2. The van der Waals surface area contributed by atoms with Crippen LogP contribution in [0.25, 0.3) is 0 Å². The van der Waals surface area contributed by atoms with E-state index in [0.29, 0.717) is 32.5 Å². The van der Waals surface area contributed by atoms with Crippen LogP contribution in [0.4, 0.5) is 8.78 Å². The molecule has 0 fully saturated rings. The van der Waals surface area contributed by atoms with Crippen LogP contribution in [0.3, 0.4) is 0 Å². The van der Waals surface area contributed by atoms with Crippen molar-refractivity contribution in [3.05, 3.63) is 101 Å². The molecule has 42 heavy (non-hydrogen) atoms. The molecule has 2 atom stereocenters. The molecular formula is C32H41F2N3O4S. The molecule has 0 saturated heterocycles. The lowest BCUT2D eigenvalue weighted by atomic mass is 10.00. The van der Waals surface area contributed by atoms with Crippen molar-refractivity contribution in [2.45, 2.75) is 70.0 Å². The summed E-state index contributed by atoms with van der Waals surface area (Å²) in [6, 6.07) is 15.9. The molecular weight excluding hydrogens is 560 g/mol. The van der Waals surface area contributed by atoms with Gasteiger partial charge in [-0.05, 0) is 72.7 Å². The number of amides is 1. The van der Waals surface area contributed by atoms with Gasteiger partial charge in [-0.1, -0.05) is 51.1 Å². The first-order chi connectivity index (χ1) is 20.1. The minimum atomic E-state index is -3.82. The summed E-state index contributed by atoms with van der Waals surface area (Å²) >= 11 is 0. The first-order valence-electron chi connectivity index (χ1n) is 14.4. The monoisotopic (exact) mass is 601 g/mol. The number of nitrogens with zero attached hydrogens (tertiary/aromatic N) is 1. The van der Waals surface area contributed by atoms with E-state index in [-0.39, 0.29) is 29.0 Å². The van der Waals surface area contributed by atoms with Crippen molar-refractivity contribution >= 4 is 15.9 Å². The van der Waals surface area contributed by atoms with Crippen LogP contribution in [0.2, 0.25) is 0 Å². The summed E-state index contributed by atoms with van der Waals surface area (Å²) in [7, 11) is -3.82. The van der Waals surface area contributed by atoms with E-state index < -0.39 is 39.7 Å². The summed E-state index contributed by atoms with van der Waals surface area (Å²) in [4.78, 5) is 13.3. The molecule has 0 radical (unpaired) electrons. The second-order valence-electron chi connectivity index (χ2n) is 10.4. The lowest BCUT2D eigenvalue weighted by molar-refractivity contribution is 0.0829. The van der Waals surface area contributed by atoms with Crippen molar-refractivity contribution < 1.29 is 27.1 Å². The summed E-state index contributed by atoms with van der Waals surface area (Å²) in [6.07, 6.45) is 1.03. The number of hydrogen-bond donors (Lipinski definition) is 3. The molecule has 3 aromatic rings. The second-order valence-corrected chi connectivity index (χ2v) is 12.3. The third-order valence-electron chi connectivity index (χ3n) is 6.92. The molecule has 7 nitrogen and oxygen atoms in total. The Balaban J connectivity index is 1.80. The van der Waals surface area contributed by atoms with Gasteiger partial charge in [0.25, 0.3) is 5.91 Å². The Kier molecular flexibility index (Phi) is 12.6. The fourth-order valence-corrected chi connectivity index (χ4v) is 6.45. The van der Waals surface area contributed by atoms with Gasteiger partial charge in [0.15, 0.2) is 0 Å². The molecule has 0 aliphatic heterocycles. The Morgan fingerprint density at radius 3 is 2.17 bits per heavy atom. The van der Waals surface area contributed by atoms with E-state index in [4.69, 9.17) is 0 Å². The van der Waals surface area contributed by atoms with Gasteiger partial charge in [-0.3, -0.25) is 4.79 Å². The number of halogens is 2. The molecule has 0 aliphatic carbocycles. The third-order valence-corrected chi connectivity index (χ3v) is 8.82. The fourth-order valence-electron chi connectivity index (χ4n) is 4.78. The van der Waals surface area contributed by atoms with E-state index in [9.17, 15) is 27.1 Å². The van der Waals surface area contributed by atoms with Crippen LogP contribution in [0, 0.1) is 11.6 Å². The van der Waals surface area contributed by atoms with E-state index >= 15 is 0 Å². The Bertz CT molecular complexity index is 1410. The minimum Gasteiger partial charge on any atom is -0.390 e. The maximum Gasteiger partial charge on any atom is 0.251 e. The zero-order valence-electron chi connectivity index (χ0n) is 24.4. The van der Waals surface area contributed by atoms with Crippen LogP contribution in [-0.2, 0) is 29.4 Å². The van der Waals surface area contributed by atoms with E-state index in [1.807, 2.05) is 32.0 Å². The van der Waals surface area contributed by atoms with Crippen LogP contribution in [0.5, 0.6) is 0 Å². The number of aryl methyl sites for hydroxylation is 1. The summed E-state index contributed by atoms with van der Waals surface area (Å²) in [5.74, 6) is -2.14. The maximum atomic E-state index is 13.9. The van der Waals surface area contributed by atoms with E-state index in [0.717, 1.165) is 30.2 Å². The average Bonchev–Trinajstić information content (AvgIpc) is 2.96. The first kappa shape index (κ1) is 33.3. The second kappa shape index (κ2) is 15.9. The molecule has 2 unspecified atom stereocenters.